The number of phenolic OH excluding ortho intramolecular Hbond substituents is 1. The Kier molecular flexibility index (Phi) is 3.22. The van der Waals surface area contributed by atoms with Crippen molar-refractivity contribution in [2.24, 2.45) is 5.92 Å². The maximum atomic E-state index is 10.3. The topological polar surface area (TPSA) is 20.2 Å². The highest BCUT2D eigenvalue weighted by Crippen LogP contribution is 2.38. The quantitative estimate of drug-likeness (QED) is 0.804. The summed E-state index contributed by atoms with van der Waals surface area (Å²) in [6, 6.07) is 4.29. The van der Waals surface area contributed by atoms with Gasteiger partial charge in [0.25, 0.3) is 0 Å². The molecule has 1 aromatic carbocycles. The number of hydrogen-bond acceptors (Lipinski definition) is 1. The van der Waals surface area contributed by atoms with E-state index in [1.165, 1.54) is 18.4 Å². The van der Waals surface area contributed by atoms with E-state index in [0.29, 0.717) is 11.7 Å². The van der Waals surface area contributed by atoms with Crippen molar-refractivity contribution >= 4 is 0 Å². The molecule has 1 aliphatic rings. The third kappa shape index (κ3) is 2.40. The van der Waals surface area contributed by atoms with Gasteiger partial charge in [0.2, 0.25) is 0 Å². The second-order valence-electron chi connectivity index (χ2n) is 5.32. The summed E-state index contributed by atoms with van der Waals surface area (Å²) in [5.41, 5.74) is 3.58. The molecule has 1 aromatic rings. The zero-order valence-electron chi connectivity index (χ0n) is 10.6. The van der Waals surface area contributed by atoms with Gasteiger partial charge in [-0.3, -0.25) is 0 Å². The van der Waals surface area contributed by atoms with E-state index in [2.05, 4.69) is 32.9 Å². The summed E-state index contributed by atoms with van der Waals surface area (Å²) in [5.74, 6) is 1.85. The van der Waals surface area contributed by atoms with Gasteiger partial charge in [-0.2, -0.15) is 0 Å². The highest BCUT2D eigenvalue weighted by atomic mass is 16.3. The first-order valence-corrected chi connectivity index (χ1v) is 6.44. The summed E-state index contributed by atoms with van der Waals surface area (Å²) < 4.78 is 0. The first kappa shape index (κ1) is 11.5. The van der Waals surface area contributed by atoms with Crippen molar-refractivity contribution in [3.05, 3.63) is 28.8 Å². The molecule has 0 amide bonds. The summed E-state index contributed by atoms with van der Waals surface area (Å²) in [4.78, 5) is 0. The van der Waals surface area contributed by atoms with E-state index in [4.69, 9.17) is 0 Å². The summed E-state index contributed by atoms with van der Waals surface area (Å²) in [6.45, 7) is 6.49. The van der Waals surface area contributed by atoms with Crippen LogP contribution in [0.15, 0.2) is 12.1 Å². The van der Waals surface area contributed by atoms with E-state index in [-0.39, 0.29) is 0 Å². The summed E-state index contributed by atoms with van der Waals surface area (Å²) >= 11 is 0. The molecule has 16 heavy (non-hydrogen) atoms. The minimum absolute atomic E-state index is 0.456. The summed E-state index contributed by atoms with van der Waals surface area (Å²) in [7, 11) is 0. The largest absolute Gasteiger partial charge is 0.507 e. The van der Waals surface area contributed by atoms with Gasteiger partial charge in [-0.1, -0.05) is 31.5 Å². The lowest BCUT2D eigenvalue weighted by molar-refractivity contribution is 0.453. The van der Waals surface area contributed by atoms with Gasteiger partial charge in [0.1, 0.15) is 5.75 Å². The Morgan fingerprint density at radius 3 is 2.62 bits per heavy atom. The molecule has 0 aromatic heterocycles. The van der Waals surface area contributed by atoms with Crippen molar-refractivity contribution in [2.75, 3.05) is 0 Å². The fourth-order valence-corrected chi connectivity index (χ4v) is 2.27. The van der Waals surface area contributed by atoms with Crippen molar-refractivity contribution in [1.82, 2.24) is 0 Å². The molecule has 88 valence electrons. The van der Waals surface area contributed by atoms with Crippen LogP contribution >= 0.6 is 0 Å². The van der Waals surface area contributed by atoms with Crippen molar-refractivity contribution in [1.29, 1.82) is 0 Å². The van der Waals surface area contributed by atoms with Crippen LogP contribution in [-0.4, -0.2) is 5.11 Å². The fraction of sp³-hybridized carbons (Fsp3) is 0.600. The number of rotatable bonds is 4. The van der Waals surface area contributed by atoms with E-state index >= 15 is 0 Å². The fourth-order valence-electron chi connectivity index (χ4n) is 2.27. The van der Waals surface area contributed by atoms with E-state index in [1.807, 2.05) is 0 Å². The SMILES string of the molecule is CCC(C)c1cc(C)cc(CC2CC2)c1O. The lowest BCUT2D eigenvalue weighted by Gasteiger charge is -2.15. The zero-order chi connectivity index (χ0) is 11.7. The molecule has 1 aliphatic carbocycles. The molecule has 1 saturated carbocycles. The molecular weight excluding hydrogens is 196 g/mol. The smallest absolute Gasteiger partial charge is 0.122 e. The van der Waals surface area contributed by atoms with Gasteiger partial charge >= 0.3 is 0 Å². The average molecular weight is 218 g/mol. The first-order chi connectivity index (χ1) is 7.61. The highest BCUT2D eigenvalue weighted by Gasteiger charge is 2.24. The second kappa shape index (κ2) is 4.48. The number of aryl methyl sites for hydroxylation is 1. The van der Waals surface area contributed by atoms with Gasteiger partial charge in [-0.25, -0.2) is 0 Å². The first-order valence-electron chi connectivity index (χ1n) is 6.44. The molecule has 1 N–H and O–H groups in total. The van der Waals surface area contributed by atoms with E-state index in [9.17, 15) is 5.11 Å². The Bertz CT molecular complexity index is 377. The van der Waals surface area contributed by atoms with Crippen LogP contribution < -0.4 is 0 Å². The Hall–Kier alpha value is -0.980. The molecule has 2 rings (SSSR count). The molecule has 1 unspecified atom stereocenters. The Morgan fingerprint density at radius 2 is 2.06 bits per heavy atom. The Labute approximate surface area is 98.5 Å². The van der Waals surface area contributed by atoms with Crippen molar-refractivity contribution in [3.63, 3.8) is 0 Å². The normalized spacial score (nSPS) is 17.4. The van der Waals surface area contributed by atoms with Crippen LogP contribution in [0.5, 0.6) is 5.75 Å². The molecule has 1 fully saturated rings. The van der Waals surface area contributed by atoms with Crippen LogP contribution in [0.4, 0.5) is 0 Å². The van der Waals surface area contributed by atoms with Crippen LogP contribution in [0, 0.1) is 12.8 Å². The second-order valence-corrected chi connectivity index (χ2v) is 5.32. The monoisotopic (exact) mass is 218 g/mol. The standard InChI is InChI=1S/C15H22O/c1-4-11(3)14-8-10(2)7-13(15(14)16)9-12-5-6-12/h7-8,11-12,16H,4-6,9H2,1-3H3. The van der Waals surface area contributed by atoms with Crippen LogP contribution in [0.2, 0.25) is 0 Å². The average Bonchev–Trinajstić information content (AvgIpc) is 3.05. The van der Waals surface area contributed by atoms with Gasteiger partial charge in [0.05, 0.1) is 0 Å². The molecule has 0 bridgehead atoms. The van der Waals surface area contributed by atoms with E-state index in [0.717, 1.165) is 29.9 Å². The maximum Gasteiger partial charge on any atom is 0.122 e. The predicted octanol–water partition coefficient (Wildman–Crippen LogP) is 4.17. The predicted molar refractivity (Wildman–Crippen MR) is 68.0 cm³/mol. The van der Waals surface area contributed by atoms with E-state index in [1.54, 1.807) is 0 Å². The summed E-state index contributed by atoms with van der Waals surface area (Å²) in [6.07, 6.45) is 4.83. The lowest BCUT2D eigenvalue weighted by Crippen LogP contribution is -1.98. The highest BCUT2D eigenvalue weighted by molar-refractivity contribution is 5.45. The Balaban J connectivity index is 2.32. The molecule has 1 heteroatoms. The van der Waals surface area contributed by atoms with Crippen molar-refractivity contribution in [3.8, 4) is 5.75 Å². The molecule has 0 radical (unpaired) electrons. The third-order valence-electron chi connectivity index (χ3n) is 3.71. The van der Waals surface area contributed by atoms with Gasteiger partial charge in [-0.05, 0) is 55.6 Å². The molecule has 1 atom stereocenters. The van der Waals surface area contributed by atoms with Crippen LogP contribution in [0.25, 0.3) is 0 Å². The van der Waals surface area contributed by atoms with Gasteiger partial charge in [0.15, 0.2) is 0 Å². The number of hydrogen-bond donors (Lipinski definition) is 1. The number of phenols is 1. The van der Waals surface area contributed by atoms with E-state index < -0.39 is 0 Å². The molecular formula is C15H22O. The number of benzene rings is 1. The Morgan fingerprint density at radius 1 is 1.38 bits per heavy atom. The van der Waals surface area contributed by atoms with Crippen LogP contribution in [-0.2, 0) is 6.42 Å². The molecule has 0 spiro atoms. The molecule has 0 heterocycles. The van der Waals surface area contributed by atoms with Crippen LogP contribution in [0.3, 0.4) is 0 Å². The summed E-state index contributed by atoms with van der Waals surface area (Å²) in [5, 5.41) is 10.3. The molecule has 1 nitrogen and oxygen atoms in total. The van der Waals surface area contributed by atoms with Crippen LogP contribution in [0.1, 0.15) is 55.7 Å². The third-order valence-corrected chi connectivity index (χ3v) is 3.71. The van der Waals surface area contributed by atoms with Crippen molar-refractivity contribution < 1.29 is 5.11 Å². The molecule has 0 aliphatic heterocycles. The van der Waals surface area contributed by atoms with Gasteiger partial charge in [0, 0.05) is 0 Å². The minimum Gasteiger partial charge on any atom is -0.507 e. The lowest BCUT2D eigenvalue weighted by atomic mass is 9.92. The minimum atomic E-state index is 0.456. The van der Waals surface area contributed by atoms with Gasteiger partial charge in [-0.15, -0.1) is 0 Å². The number of aromatic hydroxyl groups is 1. The van der Waals surface area contributed by atoms with Gasteiger partial charge < -0.3 is 5.11 Å². The molecule has 0 saturated heterocycles. The maximum absolute atomic E-state index is 10.3. The zero-order valence-corrected chi connectivity index (χ0v) is 10.6. The van der Waals surface area contributed by atoms with Crippen molar-refractivity contribution in [2.45, 2.75) is 52.4 Å².